The van der Waals surface area contributed by atoms with Crippen LogP contribution < -0.4 is 0 Å². The summed E-state index contributed by atoms with van der Waals surface area (Å²) >= 11 is 3.35. The highest BCUT2D eigenvalue weighted by Gasteiger charge is 2.24. The minimum absolute atomic E-state index is 0.230. The largest absolute Gasteiger partial charge is 0.465 e. The van der Waals surface area contributed by atoms with Crippen molar-refractivity contribution >= 4 is 33.9 Å². The first-order valence-electron chi connectivity index (χ1n) is 5.54. The van der Waals surface area contributed by atoms with Crippen LogP contribution in [-0.2, 0) is 9.53 Å². The third-order valence-electron chi connectivity index (χ3n) is 2.53. The van der Waals surface area contributed by atoms with Gasteiger partial charge < -0.3 is 9.15 Å². The summed E-state index contributed by atoms with van der Waals surface area (Å²) in [6, 6.07) is 10.9. The smallest absolute Gasteiger partial charge is 0.363 e. The molecule has 0 unspecified atom stereocenters. The molecule has 0 atom stereocenters. The van der Waals surface area contributed by atoms with Gasteiger partial charge in [0.2, 0.25) is 5.90 Å². The Balaban J connectivity index is 1.93. The molecule has 0 spiro atoms. The zero-order valence-electron chi connectivity index (χ0n) is 9.67. The van der Waals surface area contributed by atoms with Crippen LogP contribution >= 0.6 is 15.9 Å². The number of nitrogens with zero attached hydrogens (tertiary/aromatic N) is 1. The van der Waals surface area contributed by atoms with Crippen LogP contribution in [0.15, 0.2) is 62.2 Å². The Morgan fingerprint density at radius 1 is 1.16 bits per heavy atom. The van der Waals surface area contributed by atoms with Gasteiger partial charge in [0.1, 0.15) is 5.76 Å². The lowest BCUT2D eigenvalue weighted by Gasteiger charge is -1.98. The van der Waals surface area contributed by atoms with E-state index in [2.05, 4.69) is 20.9 Å². The van der Waals surface area contributed by atoms with E-state index in [1.807, 2.05) is 24.3 Å². The summed E-state index contributed by atoms with van der Waals surface area (Å²) in [5, 5.41) is 0. The monoisotopic (exact) mass is 317 g/mol. The summed E-state index contributed by atoms with van der Waals surface area (Å²) in [7, 11) is 0. The van der Waals surface area contributed by atoms with Crippen LogP contribution in [0.25, 0.3) is 6.08 Å². The molecule has 1 aliphatic rings. The maximum atomic E-state index is 11.7. The van der Waals surface area contributed by atoms with Gasteiger partial charge in [0.25, 0.3) is 0 Å². The lowest BCUT2D eigenvalue weighted by atomic mass is 10.2. The fraction of sp³-hybridized carbons (Fsp3) is 0. The molecule has 2 aromatic rings. The van der Waals surface area contributed by atoms with Crippen molar-refractivity contribution in [1.82, 2.24) is 0 Å². The Morgan fingerprint density at radius 3 is 2.63 bits per heavy atom. The number of carbonyl (C=O) groups is 1. The molecule has 0 saturated carbocycles. The second-order valence-corrected chi connectivity index (χ2v) is 4.77. The molecular formula is C14H8BrNO3. The zero-order chi connectivity index (χ0) is 13.2. The van der Waals surface area contributed by atoms with E-state index in [4.69, 9.17) is 9.15 Å². The number of benzene rings is 1. The quantitative estimate of drug-likeness (QED) is 0.630. The van der Waals surface area contributed by atoms with Crippen molar-refractivity contribution < 1.29 is 13.9 Å². The average Bonchev–Trinajstić information content (AvgIpc) is 3.02. The second-order valence-electron chi connectivity index (χ2n) is 3.86. The molecule has 3 rings (SSSR count). The first-order chi connectivity index (χ1) is 9.22. The van der Waals surface area contributed by atoms with Gasteiger partial charge in [-0.2, -0.15) is 0 Å². The number of furan rings is 1. The molecule has 0 N–H and O–H groups in total. The van der Waals surface area contributed by atoms with E-state index in [1.165, 1.54) is 6.26 Å². The molecular weight excluding hydrogens is 310 g/mol. The first-order valence-corrected chi connectivity index (χ1v) is 6.34. The summed E-state index contributed by atoms with van der Waals surface area (Å²) in [6.45, 7) is 0. The van der Waals surface area contributed by atoms with Crippen molar-refractivity contribution in [3.63, 3.8) is 0 Å². The highest BCUT2D eigenvalue weighted by Crippen LogP contribution is 2.20. The van der Waals surface area contributed by atoms with Crippen LogP contribution in [0.5, 0.6) is 0 Å². The maximum Gasteiger partial charge on any atom is 0.363 e. The van der Waals surface area contributed by atoms with Crippen LogP contribution in [0.2, 0.25) is 0 Å². The van der Waals surface area contributed by atoms with Crippen LogP contribution in [0.4, 0.5) is 0 Å². The SMILES string of the molecule is O=C1OC(c2ccc(Br)cc2)=N/C1=C/c1ccco1. The molecule has 1 aromatic carbocycles. The predicted octanol–water partition coefficient (Wildman–Crippen LogP) is 3.39. The van der Waals surface area contributed by atoms with Crippen LogP contribution in [0.1, 0.15) is 11.3 Å². The number of hydrogen-bond acceptors (Lipinski definition) is 4. The predicted molar refractivity (Wildman–Crippen MR) is 73.5 cm³/mol. The Kier molecular flexibility index (Phi) is 3.05. The molecule has 0 amide bonds. The van der Waals surface area contributed by atoms with Gasteiger partial charge in [-0.05, 0) is 36.4 Å². The van der Waals surface area contributed by atoms with Gasteiger partial charge in [0.15, 0.2) is 5.70 Å². The molecule has 0 aliphatic carbocycles. The molecule has 2 heterocycles. The molecule has 19 heavy (non-hydrogen) atoms. The third-order valence-corrected chi connectivity index (χ3v) is 3.06. The van der Waals surface area contributed by atoms with E-state index in [0.717, 1.165) is 10.0 Å². The van der Waals surface area contributed by atoms with Gasteiger partial charge in [-0.3, -0.25) is 0 Å². The number of ether oxygens (including phenoxy) is 1. The standard InChI is InChI=1S/C14H8BrNO3/c15-10-5-3-9(4-6-10)13-16-12(14(17)19-13)8-11-2-1-7-18-11/h1-8H/b12-8+. The number of esters is 1. The Bertz CT molecular complexity index is 669. The summed E-state index contributed by atoms with van der Waals surface area (Å²) in [4.78, 5) is 15.9. The molecule has 0 fully saturated rings. The summed E-state index contributed by atoms with van der Waals surface area (Å²) < 4.78 is 11.2. The summed E-state index contributed by atoms with van der Waals surface area (Å²) in [5.74, 6) is 0.386. The summed E-state index contributed by atoms with van der Waals surface area (Å²) in [5.41, 5.74) is 0.979. The molecule has 0 saturated heterocycles. The van der Waals surface area contributed by atoms with E-state index in [9.17, 15) is 4.79 Å². The van der Waals surface area contributed by atoms with E-state index in [1.54, 1.807) is 18.2 Å². The third kappa shape index (κ3) is 2.51. The van der Waals surface area contributed by atoms with Gasteiger partial charge in [-0.25, -0.2) is 9.79 Å². The zero-order valence-corrected chi connectivity index (χ0v) is 11.3. The van der Waals surface area contributed by atoms with Crippen molar-refractivity contribution in [2.75, 3.05) is 0 Å². The fourth-order valence-corrected chi connectivity index (χ4v) is 1.90. The molecule has 0 radical (unpaired) electrons. The summed E-state index contributed by atoms with van der Waals surface area (Å²) in [6.07, 6.45) is 3.08. The molecule has 5 heteroatoms. The van der Waals surface area contributed by atoms with E-state index in [-0.39, 0.29) is 5.70 Å². The normalized spacial score (nSPS) is 16.6. The van der Waals surface area contributed by atoms with Crippen molar-refractivity contribution in [3.8, 4) is 0 Å². The highest BCUT2D eigenvalue weighted by atomic mass is 79.9. The number of cyclic esters (lactones) is 1. The number of aliphatic imine (C=N–C) groups is 1. The fourth-order valence-electron chi connectivity index (χ4n) is 1.63. The van der Waals surface area contributed by atoms with Gasteiger partial charge in [0, 0.05) is 16.1 Å². The molecule has 4 nitrogen and oxygen atoms in total. The van der Waals surface area contributed by atoms with Gasteiger partial charge in [-0.15, -0.1) is 0 Å². The van der Waals surface area contributed by atoms with E-state index in [0.29, 0.717) is 11.7 Å². The lowest BCUT2D eigenvalue weighted by Crippen LogP contribution is -2.05. The van der Waals surface area contributed by atoms with Crippen molar-refractivity contribution in [2.45, 2.75) is 0 Å². The van der Waals surface area contributed by atoms with Crippen LogP contribution in [0, 0.1) is 0 Å². The van der Waals surface area contributed by atoms with Crippen LogP contribution in [0.3, 0.4) is 0 Å². The van der Waals surface area contributed by atoms with Gasteiger partial charge in [0.05, 0.1) is 6.26 Å². The van der Waals surface area contributed by atoms with Gasteiger partial charge in [-0.1, -0.05) is 15.9 Å². The van der Waals surface area contributed by atoms with E-state index >= 15 is 0 Å². The lowest BCUT2D eigenvalue weighted by molar-refractivity contribution is -0.129. The highest BCUT2D eigenvalue weighted by molar-refractivity contribution is 9.10. The first kappa shape index (κ1) is 11.9. The van der Waals surface area contributed by atoms with Crippen molar-refractivity contribution in [1.29, 1.82) is 0 Å². The van der Waals surface area contributed by atoms with Gasteiger partial charge >= 0.3 is 5.97 Å². The number of rotatable bonds is 2. The van der Waals surface area contributed by atoms with E-state index < -0.39 is 5.97 Å². The maximum absolute atomic E-state index is 11.7. The second kappa shape index (κ2) is 4.85. The Morgan fingerprint density at radius 2 is 1.95 bits per heavy atom. The Hall–Kier alpha value is -2.14. The van der Waals surface area contributed by atoms with Crippen molar-refractivity contribution in [3.05, 3.63) is 64.2 Å². The minimum Gasteiger partial charge on any atom is -0.465 e. The number of hydrogen-bond donors (Lipinski definition) is 0. The molecule has 94 valence electrons. The molecule has 1 aliphatic heterocycles. The molecule has 1 aromatic heterocycles. The topological polar surface area (TPSA) is 51.8 Å². The minimum atomic E-state index is -0.477. The Labute approximate surface area is 117 Å². The van der Waals surface area contributed by atoms with Crippen molar-refractivity contribution in [2.24, 2.45) is 4.99 Å². The average molecular weight is 318 g/mol. The molecule has 0 bridgehead atoms. The van der Waals surface area contributed by atoms with Crippen LogP contribution in [-0.4, -0.2) is 11.9 Å². The number of halogens is 1. The number of carbonyl (C=O) groups excluding carboxylic acids is 1.